The first-order valence-corrected chi connectivity index (χ1v) is 7.54. The van der Waals surface area contributed by atoms with Crippen LogP contribution in [0.4, 0.5) is 0 Å². The standard InChI is InChI=1S/C17H20N2O4/c1-21-8-3-7-19-17(20)14(12-18)11-13-5-2-6-15-16(13)23-10-4-9-22-15/h2,5-6,11H,3-4,7-10H2,1H3,(H,19,20)/b14-11-. The summed E-state index contributed by atoms with van der Waals surface area (Å²) in [5.74, 6) is 0.801. The van der Waals surface area contributed by atoms with Gasteiger partial charge in [0.05, 0.1) is 13.2 Å². The van der Waals surface area contributed by atoms with Crippen LogP contribution in [0.15, 0.2) is 23.8 Å². The zero-order valence-electron chi connectivity index (χ0n) is 13.1. The van der Waals surface area contributed by atoms with Gasteiger partial charge >= 0.3 is 0 Å². The second-order valence-electron chi connectivity index (χ2n) is 5.00. The van der Waals surface area contributed by atoms with Gasteiger partial charge in [-0.2, -0.15) is 5.26 Å². The SMILES string of the molecule is COCCCNC(=O)/C(C#N)=C\c1cccc2c1OCCCO2. The van der Waals surface area contributed by atoms with Gasteiger partial charge in [-0.3, -0.25) is 4.79 Å². The number of nitriles is 1. The fraction of sp³-hybridized carbons (Fsp3) is 0.412. The Morgan fingerprint density at radius 3 is 3.04 bits per heavy atom. The average Bonchev–Trinajstić information content (AvgIpc) is 2.82. The normalized spacial score (nSPS) is 13.8. The van der Waals surface area contributed by atoms with Gasteiger partial charge < -0.3 is 19.5 Å². The number of carbonyl (C=O) groups is 1. The summed E-state index contributed by atoms with van der Waals surface area (Å²) in [6.45, 7) is 2.15. The van der Waals surface area contributed by atoms with Crippen molar-refractivity contribution in [2.45, 2.75) is 12.8 Å². The molecular formula is C17H20N2O4. The van der Waals surface area contributed by atoms with Gasteiger partial charge in [0, 0.05) is 32.2 Å². The molecule has 1 aromatic carbocycles. The summed E-state index contributed by atoms with van der Waals surface area (Å²) in [6, 6.07) is 7.35. The molecule has 0 radical (unpaired) electrons. The van der Waals surface area contributed by atoms with E-state index in [4.69, 9.17) is 14.2 Å². The van der Waals surface area contributed by atoms with Gasteiger partial charge in [0.15, 0.2) is 11.5 Å². The van der Waals surface area contributed by atoms with Gasteiger partial charge in [-0.05, 0) is 18.6 Å². The van der Waals surface area contributed by atoms with Gasteiger partial charge in [0.25, 0.3) is 5.91 Å². The molecule has 23 heavy (non-hydrogen) atoms. The maximum atomic E-state index is 12.1. The van der Waals surface area contributed by atoms with Crippen LogP contribution in [0.3, 0.4) is 0 Å². The highest BCUT2D eigenvalue weighted by atomic mass is 16.5. The number of ether oxygens (including phenoxy) is 3. The molecule has 1 heterocycles. The molecule has 2 rings (SSSR count). The van der Waals surface area contributed by atoms with Crippen LogP contribution in [0.5, 0.6) is 11.5 Å². The number of nitrogens with zero attached hydrogens (tertiary/aromatic N) is 1. The predicted octanol–water partition coefficient (Wildman–Crippen LogP) is 1.91. The van der Waals surface area contributed by atoms with Crippen LogP contribution < -0.4 is 14.8 Å². The first kappa shape index (κ1) is 16.8. The Morgan fingerprint density at radius 1 is 1.43 bits per heavy atom. The van der Waals surface area contributed by atoms with Crippen LogP contribution in [0.2, 0.25) is 0 Å². The molecule has 1 aliphatic heterocycles. The molecule has 1 aliphatic rings. The Kier molecular flexibility index (Phi) is 6.45. The zero-order valence-corrected chi connectivity index (χ0v) is 13.1. The van der Waals surface area contributed by atoms with Crippen molar-refractivity contribution >= 4 is 12.0 Å². The van der Waals surface area contributed by atoms with E-state index in [1.807, 2.05) is 18.2 Å². The highest BCUT2D eigenvalue weighted by molar-refractivity contribution is 6.02. The summed E-state index contributed by atoms with van der Waals surface area (Å²) in [6.07, 6.45) is 3.01. The minimum Gasteiger partial charge on any atom is -0.490 e. The van der Waals surface area contributed by atoms with Crippen LogP contribution in [0, 0.1) is 11.3 Å². The van der Waals surface area contributed by atoms with E-state index in [2.05, 4.69) is 5.32 Å². The van der Waals surface area contributed by atoms with Gasteiger partial charge in [0.1, 0.15) is 11.6 Å². The number of hydrogen-bond donors (Lipinski definition) is 1. The summed E-state index contributed by atoms with van der Waals surface area (Å²) in [4.78, 5) is 12.1. The third-order valence-electron chi connectivity index (χ3n) is 3.28. The van der Waals surface area contributed by atoms with E-state index >= 15 is 0 Å². The molecular weight excluding hydrogens is 296 g/mol. The fourth-order valence-corrected chi connectivity index (χ4v) is 2.15. The van der Waals surface area contributed by atoms with Gasteiger partial charge in [-0.15, -0.1) is 0 Å². The van der Waals surface area contributed by atoms with E-state index in [1.165, 1.54) is 6.08 Å². The van der Waals surface area contributed by atoms with Crippen molar-refractivity contribution in [3.05, 3.63) is 29.3 Å². The van der Waals surface area contributed by atoms with Crippen LogP contribution in [0.1, 0.15) is 18.4 Å². The summed E-state index contributed by atoms with van der Waals surface area (Å²) in [7, 11) is 1.60. The molecule has 122 valence electrons. The Hall–Kier alpha value is -2.52. The van der Waals surface area contributed by atoms with Crippen LogP contribution in [0.25, 0.3) is 6.08 Å². The van der Waals surface area contributed by atoms with E-state index in [1.54, 1.807) is 13.2 Å². The molecule has 6 heteroatoms. The van der Waals surface area contributed by atoms with E-state index < -0.39 is 5.91 Å². The molecule has 0 fully saturated rings. The largest absolute Gasteiger partial charge is 0.490 e. The summed E-state index contributed by atoms with van der Waals surface area (Å²) in [5.41, 5.74) is 0.691. The van der Waals surface area contributed by atoms with E-state index in [-0.39, 0.29) is 5.57 Å². The maximum absolute atomic E-state index is 12.1. The van der Waals surface area contributed by atoms with Gasteiger partial charge in [-0.1, -0.05) is 12.1 Å². The third kappa shape index (κ3) is 4.73. The number of benzene rings is 1. The minimum atomic E-state index is -0.407. The Labute approximate surface area is 135 Å². The second-order valence-corrected chi connectivity index (χ2v) is 5.00. The number of methoxy groups -OCH3 is 1. The molecule has 1 aromatic rings. The topological polar surface area (TPSA) is 80.6 Å². The monoisotopic (exact) mass is 316 g/mol. The molecule has 1 amide bonds. The molecule has 0 atom stereocenters. The van der Waals surface area contributed by atoms with Crippen molar-refractivity contribution in [3.8, 4) is 17.6 Å². The van der Waals surface area contributed by atoms with Crippen molar-refractivity contribution in [3.63, 3.8) is 0 Å². The summed E-state index contributed by atoms with van der Waals surface area (Å²) in [5, 5.41) is 11.9. The van der Waals surface area contributed by atoms with Crippen molar-refractivity contribution in [2.75, 3.05) is 33.5 Å². The highest BCUT2D eigenvalue weighted by Crippen LogP contribution is 2.34. The predicted molar refractivity (Wildman–Crippen MR) is 85.1 cm³/mol. The minimum absolute atomic E-state index is 0.0312. The first-order valence-electron chi connectivity index (χ1n) is 7.54. The number of carbonyl (C=O) groups excluding carboxylic acids is 1. The van der Waals surface area contributed by atoms with Crippen molar-refractivity contribution in [2.24, 2.45) is 0 Å². The molecule has 0 unspecified atom stereocenters. The lowest BCUT2D eigenvalue weighted by Gasteiger charge is -2.10. The quantitative estimate of drug-likeness (QED) is 0.492. The van der Waals surface area contributed by atoms with E-state index in [0.717, 1.165) is 6.42 Å². The van der Waals surface area contributed by atoms with E-state index in [9.17, 15) is 10.1 Å². The van der Waals surface area contributed by atoms with Crippen LogP contribution in [-0.4, -0.2) is 39.4 Å². The molecule has 1 N–H and O–H groups in total. The maximum Gasteiger partial charge on any atom is 0.261 e. The first-order chi connectivity index (χ1) is 11.3. The molecule has 6 nitrogen and oxygen atoms in total. The lowest BCUT2D eigenvalue weighted by molar-refractivity contribution is -0.117. The lowest BCUT2D eigenvalue weighted by Crippen LogP contribution is -2.26. The van der Waals surface area contributed by atoms with Gasteiger partial charge in [0.2, 0.25) is 0 Å². The second kappa shape index (κ2) is 8.81. The van der Waals surface area contributed by atoms with Crippen LogP contribution >= 0.6 is 0 Å². The molecule has 0 spiro atoms. The summed E-state index contributed by atoms with van der Waals surface area (Å²) >= 11 is 0. The number of para-hydroxylation sites is 1. The van der Waals surface area contributed by atoms with Crippen molar-refractivity contribution in [1.82, 2.24) is 5.32 Å². The Morgan fingerprint density at radius 2 is 2.26 bits per heavy atom. The smallest absolute Gasteiger partial charge is 0.261 e. The van der Waals surface area contributed by atoms with Crippen LogP contribution in [-0.2, 0) is 9.53 Å². The molecule has 0 aliphatic carbocycles. The number of nitrogens with one attached hydrogen (secondary N) is 1. The number of fused-ring (bicyclic) bond motifs is 1. The average molecular weight is 316 g/mol. The third-order valence-corrected chi connectivity index (χ3v) is 3.28. The van der Waals surface area contributed by atoms with Crippen molar-refractivity contribution in [1.29, 1.82) is 5.26 Å². The molecule has 0 bridgehead atoms. The molecule has 0 saturated carbocycles. The van der Waals surface area contributed by atoms with E-state index in [0.29, 0.717) is 49.8 Å². The number of amides is 1. The van der Waals surface area contributed by atoms with Crippen molar-refractivity contribution < 1.29 is 19.0 Å². The Balaban J connectivity index is 2.15. The lowest BCUT2D eigenvalue weighted by atomic mass is 10.1. The van der Waals surface area contributed by atoms with Gasteiger partial charge in [-0.25, -0.2) is 0 Å². The molecule has 0 aromatic heterocycles. The Bertz CT molecular complexity index is 620. The zero-order chi connectivity index (χ0) is 16.5. The number of hydrogen-bond acceptors (Lipinski definition) is 5. The highest BCUT2D eigenvalue weighted by Gasteiger charge is 2.15. The summed E-state index contributed by atoms with van der Waals surface area (Å²) < 4.78 is 16.2. The fourth-order valence-electron chi connectivity index (χ4n) is 2.15. The molecule has 0 saturated heterocycles. The number of rotatable bonds is 6.